The number of nitrogens with zero attached hydrogens (tertiary/aromatic N) is 5. The zero-order valence-electron chi connectivity index (χ0n) is 19.6. The van der Waals surface area contributed by atoms with Crippen LogP contribution in [-0.2, 0) is 10.2 Å². The molecule has 0 bridgehead atoms. The highest BCUT2D eigenvalue weighted by molar-refractivity contribution is 7.86. The summed E-state index contributed by atoms with van der Waals surface area (Å²) in [5.41, 5.74) is 2.97. The number of aryl methyl sites for hydroxylation is 1. The van der Waals surface area contributed by atoms with Crippen LogP contribution in [0.1, 0.15) is 23.6 Å². The number of hydrogen-bond acceptors (Lipinski definition) is 4. The molecule has 0 N–H and O–H groups in total. The fourth-order valence-corrected chi connectivity index (χ4v) is 5.52. The number of benzene rings is 2. The molecule has 0 saturated carbocycles. The minimum atomic E-state index is -4.31. The van der Waals surface area contributed by atoms with Crippen molar-refractivity contribution < 1.29 is 26.0 Å². The Balaban J connectivity index is 1.73. The molecule has 3 aromatic rings. The van der Waals surface area contributed by atoms with Crippen molar-refractivity contribution in [1.29, 1.82) is 0 Å². The third kappa shape index (κ3) is 5.35. The van der Waals surface area contributed by atoms with Gasteiger partial charge in [0.05, 0.1) is 23.8 Å². The maximum atomic E-state index is 13.3. The van der Waals surface area contributed by atoms with Gasteiger partial charge in [0.2, 0.25) is 0 Å². The fourth-order valence-electron chi connectivity index (χ4n) is 4.41. The van der Waals surface area contributed by atoms with Crippen LogP contribution in [0.5, 0.6) is 0 Å². The fraction of sp³-hybridized carbons (Fsp3) is 0.435. The normalized spacial score (nSPS) is 18.6. The Hall–Kier alpha value is -2.54. The maximum absolute atomic E-state index is 13.3. The van der Waals surface area contributed by atoms with Crippen molar-refractivity contribution in [2.45, 2.75) is 25.6 Å². The zero-order valence-corrected chi connectivity index (χ0v) is 20.4. The van der Waals surface area contributed by atoms with E-state index in [2.05, 4.69) is 5.10 Å². The van der Waals surface area contributed by atoms with Crippen molar-refractivity contribution in [3.8, 4) is 5.69 Å². The van der Waals surface area contributed by atoms with E-state index in [9.17, 15) is 26.0 Å². The Morgan fingerprint density at radius 1 is 1.11 bits per heavy atom. The molecule has 2 aromatic carbocycles. The van der Waals surface area contributed by atoms with E-state index >= 15 is 0 Å². The van der Waals surface area contributed by atoms with E-state index in [0.717, 1.165) is 26.3 Å². The SMILES string of the molecule is Cc1cc2c(cnn2-c2ccc(F)cc2)cc1[C@H]1CN(S(=O)(=O)N(C)C)CCN1CCC(F)(F)F. The molecular formula is C23H27F4N5O2S. The number of alkyl halides is 3. The summed E-state index contributed by atoms with van der Waals surface area (Å²) < 4.78 is 82.0. The molecule has 0 amide bonds. The average Bonchev–Trinajstić information content (AvgIpc) is 3.19. The van der Waals surface area contributed by atoms with Crippen LogP contribution in [0.4, 0.5) is 17.6 Å². The lowest BCUT2D eigenvalue weighted by atomic mass is 9.96. The van der Waals surface area contributed by atoms with Gasteiger partial charge in [-0.05, 0) is 54.4 Å². The van der Waals surface area contributed by atoms with Gasteiger partial charge in [-0.25, -0.2) is 9.07 Å². The Bertz CT molecular complexity index is 1310. The van der Waals surface area contributed by atoms with Crippen molar-refractivity contribution in [3.63, 3.8) is 0 Å². The molecule has 190 valence electrons. The molecule has 0 unspecified atom stereocenters. The van der Waals surface area contributed by atoms with Gasteiger partial charge in [0.1, 0.15) is 5.82 Å². The van der Waals surface area contributed by atoms with Gasteiger partial charge in [0, 0.05) is 51.7 Å². The standard InChI is InChI=1S/C23H27F4N5O2S/c1-16-12-21-17(14-28-32(21)19-6-4-18(24)5-7-19)13-20(16)22-15-31(35(33,34)29(2)3)11-10-30(22)9-8-23(25,26)27/h4-7,12-14,22H,8-11,15H2,1-3H3/t22-/m1/s1. The summed E-state index contributed by atoms with van der Waals surface area (Å²) in [7, 11) is -0.864. The van der Waals surface area contributed by atoms with E-state index in [0.29, 0.717) is 5.69 Å². The monoisotopic (exact) mass is 513 g/mol. The smallest absolute Gasteiger partial charge is 0.293 e. The predicted molar refractivity (Wildman–Crippen MR) is 125 cm³/mol. The molecule has 1 atom stereocenters. The third-order valence-electron chi connectivity index (χ3n) is 6.31. The van der Waals surface area contributed by atoms with Crippen molar-refractivity contribution in [2.75, 3.05) is 40.3 Å². The summed E-state index contributed by atoms with van der Waals surface area (Å²) in [5.74, 6) is -0.364. The van der Waals surface area contributed by atoms with Crippen molar-refractivity contribution in [2.24, 2.45) is 0 Å². The van der Waals surface area contributed by atoms with Crippen molar-refractivity contribution >= 4 is 21.1 Å². The number of rotatable bonds is 6. The van der Waals surface area contributed by atoms with E-state index in [4.69, 9.17) is 0 Å². The number of hydrogen-bond donors (Lipinski definition) is 0. The van der Waals surface area contributed by atoms with E-state index in [1.807, 2.05) is 19.1 Å². The highest BCUT2D eigenvalue weighted by Crippen LogP contribution is 2.34. The van der Waals surface area contributed by atoms with Gasteiger partial charge in [-0.1, -0.05) is 0 Å². The Labute approximate surface area is 201 Å². The van der Waals surface area contributed by atoms with Crippen LogP contribution in [0, 0.1) is 12.7 Å². The summed E-state index contributed by atoms with van der Waals surface area (Å²) in [6.07, 6.45) is -3.65. The third-order valence-corrected chi connectivity index (χ3v) is 8.22. The largest absolute Gasteiger partial charge is 0.390 e. The first-order valence-electron chi connectivity index (χ1n) is 11.1. The van der Waals surface area contributed by atoms with Crippen LogP contribution < -0.4 is 0 Å². The summed E-state index contributed by atoms with van der Waals surface area (Å²) >= 11 is 0. The van der Waals surface area contributed by atoms with Crippen molar-refractivity contribution in [3.05, 3.63) is 59.5 Å². The second-order valence-electron chi connectivity index (χ2n) is 8.87. The molecule has 1 saturated heterocycles. The molecule has 4 rings (SSSR count). The van der Waals surface area contributed by atoms with Gasteiger partial charge >= 0.3 is 6.18 Å². The first kappa shape index (κ1) is 25.5. The van der Waals surface area contributed by atoms with Gasteiger partial charge in [-0.2, -0.15) is 35.3 Å². The van der Waals surface area contributed by atoms with E-state index in [1.165, 1.54) is 30.5 Å². The van der Waals surface area contributed by atoms with Gasteiger partial charge < -0.3 is 0 Å². The number of fused-ring (bicyclic) bond motifs is 1. The minimum Gasteiger partial charge on any atom is -0.293 e. The van der Waals surface area contributed by atoms with Crippen molar-refractivity contribution in [1.82, 2.24) is 23.3 Å². The molecule has 1 fully saturated rings. The van der Waals surface area contributed by atoms with E-state index in [-0.39, 0.29) is 32.0 Å². The van der Waals surface area contributed by atoms with Crippen LogP contribution >= 0.6 is 0 Å². The molecule has 0 aliphatic carbocycles. The summed E-state index contributed by atoms with van der Waals surface area (Å²) in [4.78, 5) is 1.70. The second kappa shape index (κ2) is 9.49. The van der Waals surface area contributed by atoms with Crippen LogP contribution in [-0.4, -0.2) is 78.2 Å². The van der Waals surface area contributed by atoms with Gasteiger partial charge in [-0.3, -0.25) is 4.90 Å². The Morgan fingerprint density at radius 2 is 1.80 bits per heavy atom. The number of piperazine rings is 1. The number of halogens is 4. The molecule has 1 aromatic heterocycles. The highest BCUT2D eigenvalue weighted by atomic mass is 32.2. The molecule has 0 spiro atoms. The molecule has 0 radical (unpaired) electrons. The summed E-state index contributed by atoms with van der Waals surface area (Å²) in [5, 5.41) is 5.15. The van der Waals surface area contributed by atoms with E-state index < -0.39 is 28.8 Å². The molecule has 7 nitrogen and oxygen atoms in total. The Kier molecular flexibility index (Phi) is 6.93. The summed E-state index contributed by atoms with van der Waals surface area (Å²) in [6, 6.07) is 9.06. The molecular weight excluding hydrogens is 486 g/mol. The lowest BCUT2D eigenvalue weighted by Gasteiger charge is -2.42. The van der Waals surface area contributed by atoms with Gasteiger partial charge in [0.15, 0.2) is 0 Å². The van der Waals surface area contributed by atoms with E-state index in [1.54, 1.807) is 27.9 Å². The first-order chi connectivity index (χ1) is 16.4. The topological polar surface area (TPSA) is 61.7 Å². The summed E-state index contributed by atoms with van der Waals surface area (Å²) in [6.45, 7) is 1.95. The lowest BCUT2D eigenvalue weighted by molar-refractivity contribution is -0.140. The minimum absolute atomic E-state index is 0.0385. The molecule has 12 heteroatoms. The van der Waals surface area contributed by atoms with Crippen LogP contribution in [0.25, 0.3) is 16.6 Å². The van der Waals surface area contributed by atoms with Gasteiger partial charge in [-0.15, -0.1) is 0 Å². The maximum Gasteiger partial charge on any atom is 0.390 e. The molecule has 1 aliphatic heterocycles. The van der Waals surface area contributed by atoms with Crippen LogP contribution in [0.2, 0.25) is 0 Å². The van der Waals surface area contributed by atoms with Crippen LogP contribution in [0.3, 0.4) is 0 Å². The molecule has 1 aliphatic rings. The molecule has 2 heterocycles. The Morgan fingerprint density at radius 3 is 2.43 bits per heavy atom. The van der Waals surface area contributed by atoms with Crippen LogP contribution in [0.15, 0.2) is 42.6 Å². The molecule has 35 heavy (non-hydrogen) atoms. The average molecular weight is 514 g/mol. The predicted octanol–water partition coefficient (Wildman–Crippen LogP) is 3.89. The zero-order chi connectivity index (χ0) is 25.5. The van der Waals surface area contributed by atoms with Gasteiger partial charge in [0.25, 0.3) is 10.2 Å². The second-order valence-corrected chi connectivity index (χ2v) is 11.0. The first-order valence-corrected chi connectivity index (χ1v) is 12.5. The number of aromatic nitrogens is 2. The highest BCUT2D eigenvalue weighted by Gasteiger charge is 2.38. The lowest BCUT2D eigenvalue weighted by Crippen LogP contribution is -2.53. The quantitative estimate of drug-likeness (QED) is 0.470.